The number of ether oxygens (including phenoxy) is 1. The second-order valence-corrected chi connectivity index (χ2v) is 6.89. The standard InChI is InChI=1S/C21H25FN4O3/c1-2-29-18-7-4-3-6-17(18)25-20(28)26-13-5-10-21(22,15-26)19(27)24-14-16-8-11-23-12-9-16/h3-4,6-9,11-12H,2,5,10,13-15H2,1H3,(H,24,27)(H,25,28). The fourth-order valence-electron chi connectivity index (χ4n) is 3.26. The maximum absolute atomic E-state index is 15.3. The molecule has 1 atom stereocenters. The van der Waals surface area contributed by atoms with Crippen molar-refractivity contribution in [1.29, 1.82) is 0 Å². The first-order valence-electron chi connectivity index (χ1n) is 9.66. The van der Waals surface area contributed by atoms with Crippen LogP contribution in [0.5, 0.6) is 5.75 Å². The highest BCUT2D eigenvalue weighted by Crippen LogP contribution is 2.28. The summed E-state index contributed by atoms with van der Waals surface area (Å²) < 4.78 is 20.8. The number of urea groups is 1. The third-order valence-corrected chi connectivity index (χ3v) is 4.77. The van der Waals surface area contributed by atoms with Crippen LogP contribution in [0.3, 0.4) is 0 Å². The van der Waals surface area contributed by atoms with Crippen molar-refractivity contribution in [3.8, 4) is 5.75 Å². The zero-order chi connectivity index (χ0) is 20.7. The lowest BCUT2D eigenvalue weighted by Gasteiger charge is -2.36. The van der Waals surface area contributed by atoms with E-state index in [0.717, 1.165) is 5.56 Å². The second-order valence-electron chi connectivity index (χ2n) is 6.89. The summed E-state index contributed by atoms with van der Waals surface area (Å²) in [6, 6.07) is 10.1. The SMILES string of the molecule is CCOc1ccccc1NC(=O)N1CCCC(F)(C(=O)NCc2ccncc2)C1. The van der Waals surface area contributed by atoms with E-state index in [4.69, 9.17) is 4.74 Å². The smallest absolute Gasteiger partial charge is 0.322 e. The topological polar surface area (TPSA) is 83.6 Å². The van der Waals surface area contributed by atoms with Crippen LogP contribution in [-0.4, -0.2) is 47.2 Å². The average Bonchev–Trinajstić information content (AvgIpc) is 2.74. The van der Waals surface area contributed by atoms with Crippen molar-refractivity contribution in [2.45, 2.75) is 32.0 Å². The number of hydrogen-bond acceptors (Lipinski definition) is 4. The summed E-state index contributed by atoms with van der Waals surface area (Å²) in [5.74, 6) is -0.163. The fraction of sp³-hybridized carbons (Fsp3) is 0.381. The van der Waals surface area contributed by atoms with E-state index >= 15 is 4.39 Å². The number of hydrogen-bond donors (Lipinski definition) is 2. The number of amides is 3. The molecule has 0 aliphatic carbocycles. The van der Waals surface area contributed by atoms with Crippen molar-refractivity contribution in [3.05, 3.63) is 54.4 Å². The quantitative estimate of drug-likeness (QED) is 0.780. The molecule has 8 heteroatoms. The Balaban J connectivity index is 1.61. The molecule has 1 aliphatic heterocycles. The minimum Gasteiger partial charge on any atom is -0.492 e. The van der Waals surface area contributed by atoms with Gasteiger partial charge in [-0.2, -0.15) is 0 Å². The molecule has 1 aromatic carbocycles. The molecular weight excluding hydrogens is 375 g/mol. The van der Waals surface area contributed by atoms with Gasteiger partial charge < -0.3 is 20.3 Å². The van der Waals surface area contributed by atoms with Crippen LogP contribution in [0.2, 0.25) is 0 Å². The molecule has 7 nitrogen and oxygen atoms in total. The molecule has 29 heavy (non-hydrogen) atoms. The van der Waals surface area contributed by atoms with Crippen molar-refractivity contribution >= 4 is 17.6 Å². The number of halogens is 1. The van der Waals surface area contributed by atoms with Gasteiger partial charge in [0.05, 0.1) is 18.8 Å². The lowest BCUT2D eigenvalue weighted by molar-refractivity contribution is -0.135. The van der Waals surface area contributed by atoms with Crippen LogP contribution < -0.4 is 15.4 Å². The summed E-state index contributed by atoms with van der Waals surface area (Å²) in [4.78, 5) is 30.4. The van der Waals surface area contributed by atoms with Crippen molar-refractivity contribution in [2.24, 2.45) is 0 Å². The van der Waals surface area contributed by atoms with Crippen LogP contribution >= 0.6 is 0 Å². The minimum absolute atomic E-state index is 0.0779. The number of likely N-dealkylation sites (tertiary alicyclic amines) is 1. The molecule has 0 spiro atoms. The van der Waals surface area contributed by atoms with Crippen LogP contribution in [0.4, 0.5) is 14.9 Å². The number of pyridine rings is 1. The molecule has 2 aromatic rings. The summed E-state index contributed by atoms with van der Waals surface area (Å²) in [6.45, 7) is 2.61. The molecule has 1 aliphatic rings. The van der Waals surface area contributed by atoms with E-state index in [1.807, 2.05) is 6.92 Å². The van der Waals surface area contributed by atoms with Crippen molar-refractivity contribution in [2.75, 3.05) is 25.0 Å². The number of nitrogens with one attached hydrogen (secondary N) is 2. The first kappa shape index (κ1) is 20.6. The number of carbonyl (C=O) groups excluding carboxylic acids is 2. The first-order valence-corrected chi connectivity index (χ1v) is 9.66. The molecule has 1 unspecified atom stereocenters. The van der Waals surface area contributed by atoms with E-state index in [1.165, 1.54) is 4.90 Å². The predicted octanol–water partition coefficient (Wildman–Crippen LogP) is 3.13. The number of benzene rings is 1. The summed E-state index contributed by atoms with van der Waals surface area (Å²) in [5, 5.41) is 5.38. The van der Waals surface area contributed by atoms with Gasteiger partial charge in [0.1, 0.15) is 5.75 Å². The second kappa shape index (κ2) is 9.36. The molecule has 1 aromatic heterocycles. The summed E-state index contributed by atoms with van der Waals surface area (Å²) in [6.07, 6.45) is 3.70. The molecule has 2 heterocycles. The molecule has 0 saturated carbocycles. The zero-order valence-corrected chi connectivity index (χ0v) is 16.4. The van der Waals surface area contributed by atoms with Gasteiger partial charge >= 0.3 is 6.03 Å². The van der Waals surface area contributed by atoms with Gasteiger partial charge in [-0.15, -0.1) is 0 Å². The molecule has 1 fully saturated rings. The Hall–Kier alpha value is -3.16. The number of alkyl halides is 1. The minimum atomic E-state index is -2.12. The van der Waals surface area contributed by atoms with E-state index in [-0.39, 0.29) is 19.5 Å². The van der Waals surface area contributed by atoms with Crippen molar-refractivity contribution in [3.63, 3.8) is 0 Å². The Morgan fingerprint density at radius 3 is 2.76 bits per heavy atom. The van der Waals surface area contributed by atoms with Gasteiger partial charge in [-0.3, -0.25) is 9.78 Å². The molecule has 0 bridgehead atoms. The van der Waals surface area contributed by atoms with Crippen LogP contribution in [0.15, 0.2) is 48.8 Å². The molecular formula is C21H25FN4O3. The van der Waals surface area contributed by atoms with Gasteiger partial charge in [-0.1, -0.05) is 12.1 Å². The highest BCUT2D eigenvalue weighted by Gasteiger charge is 2.43. The predicted molar refractivity (Wildman–Crippen MR) is 107 cm³/mol. The average molecular weight is 400 g/mol. The van der Waals surface area contributed by atoms with Gasteiger partial charge in [0.2, 0.25) is 5.67 Å². The number of carbonyl (C=O) groups is 2. The van der Waals surface area contributed by atoms with Gasteiger partial charge in [-0.05, 0) is 49.6 Å². The number of nitrogens with zero attached hydrogens (tertiary/aromatic N) is 2. The van der Waals surface area contributed by atoms with E-state index in [9.17, 15) is 9.59 Å². The van der Waals surface area contributed by atoms with Crippen LogP contribution in [0.25, 0.3) is 0 Å². The Morgan fingerprint density at radius 2 is 2.00 bits per heavy atom. The molecule has 0 radical (unpaired) electrons. The van der Waals surface area contributed by atoms with E-state index in [2.05, 4.69) is 15.6 Å². The number of anilines is 1. The molecule has 3 rings (SSSR count). The Kier molecular flexibility index (Phi) is 6.64. The number of para-hydroxylation sites is 2. The first-order chi connectivity index (χ1) is 14.0. The van der Waals surface area contributed by atoms with E-state index in [0.29, 0.717) is 31.0 Å². The lowest BCUT2D eigenvalue weighted by atomic mass is 9.93. The van der Waals surface area contributed by atoms with Gasteiger partial charge in [-0.25, -0.2) is 9.18 Å². The maximum Gasteiger partial charge on any atom is 0.322 e. The van der Waals surface area contributed by atoms with Crippen LogP contribution in [0.1, 0.15) is 25.3 Å². The Morgan fingerprint density at radius 1 is 1.24 bits per heavy atom. The molecule has 3 amide bonds. The zero-order valence-electron chi connectivity index (χ0n) is 16.4. The van der Waals surface area contributed by atoms with Crippen LogP contribution in [-0.2, 0) is 11.3 Å². The highest BCUT2D eigenvalue weighted by atomic mass is 19.1. The summed E-state index contributed by atoms with van der Waals surface area (Å²) in [5.41, 5.74) is -0.784. The molecule has 2 N–H and O–H groups in total. The van der Waals surface area contributed by atoms with E-state index in [1.54, 1.807) is 48.8 Å². The number of piperidine rings is 1. The highest BCUT2D eigenvalue weighted by molar-refractivity contribution is 5.92. The molecule has 154 valence electrons. The monoisotopic (exact) mass is 400 g/mol. The van der Waals surface area contributed by atoms with Crippen molar-refractivity contribution in [1.82, 2.24) is 15.2 Å². The normalized spacial score (nSPS) is 18.8. The van der Waals surface area contributed by atoms with Crippen LogP contribution in [0, 0.1) is 0 Å². The van der Waals surface area contributed by atoms with E-state index < -0.39 is 17.6 Å². The third kappa shape index (κ3) is 5.22. The van der Waals surface area contributed by atoms with Crippen molar-refractivity contribution < 1.29 is 18.7 Å². The molecule has 1 saturated heterocycles. The van der Waals surface area contributed by atoms with Gasteiger partial charge in [0, 0.05) is 25.5 Å². The summed E-state index contributed by atoms with van der Waals surface area (Å²) in [7, 11) is 0. The maximum atomic E-state index is 15.3. The fourth-order valence-corrected chi connectivity index (χ4v) is 3.26. The lowest BCUT2D eigenvalue weighted by Crippen LogP contribution is -2.56. The number of rotatable bonds is 6. The third-order valence-electron chi connectivity index (χ3n) is 4.77. The van der Waals surface area contributed by atoms with Gasteiger partial charge in [0.25, 0.3) is 5.91 Å². The largest absolute Gasteiger partial charge is 0.492 e. The van der Waals surface area contributed by atoms with Gasteiger partial charge in [0.15, 0.2) is 0 Å². The summed E-state index contributed by atoms with van der Waals surface area (Å²) >= 11 is 0. The Labute approximate surface area is 169 Å². The number of aromatic nitrogens is 1. The Bertz CT molecular complexity index is 849.